The summed E-state index contributed by atoms with van der Waals surface area (Å²) in [6.07, 6.45) is 5.68. The van der Waals surface area contributed by atoms with Gasteiger partial charge in [0.15, 0.2) is 11.5 Å². The van der Waals surface area contributed by atoms with Crippen LogP contribution in [0.1, 0.15) is 41.9 Å². The van der Waals surface area contributed by atoms with E-state index in [0.717, 1.165) is 12.8 Å². The van der Waals surface area contributed by atoms with Crippen LogP contribution in [-0.4, -0.2) is 61.5 Å². The van der Waals surface area contributed by atoms with Gasteiger partial charge in [0.25, 0.3) is 5.91 Å². The van der Waals surface area contributed by atoms with E-state index >= 15 is 0 Å². The minimum atomic E-state index is -0.384. The maximum Gasteiger partial charge on any atom is 0.275 e. The van der Waals surface area contributed by atoms with E-state index in [-0.39, 0.29) is 30.1 Å². The number of hydrogen-bond donors (Lipinski definition) is 1. The number of likely N-dealkylation sites (tertiary alicyclic amines) is 1. The molecule has 0 aromatic carbocycles. The zero-order chi connectivity index (χ0) is 23.5. The summed E-state index contributed by atoms with van der Waals surface area (Å²) in [7, 11) is 0. The summed E-state index contributed by atoms with van der Waals surface area (Å²) < 4.78 is 7.61. The average molecular weight is 460 g/mol. The zero-order valence-corrected chi connectivity index (χ0v) is 18.6. The Labute approximate surface area is 196 Å². The van der Waals surface area contributed by atoms with Crippen LogP contribution in [0.4, 0.5) is 0 Å². The smallest absolute Gasteiger partial charge is 0.275 e. The molecule has 0 radical (unpaired) electrons. The highest BCUT2D eigenvalue weighted by atomic mass is 16.5. The van der Waals surface area contributed by atoms with Crippen molar-refractivity contribution in [3.8, 4) is 17.1 Å². The zero-order valence-electron chi connectivity index (χ0n) is 18.6. The summed E-state index contributed by atoms with van der Waals surface area (Å²) in [4.78, 5) is 40.6. The molecule has 10 nitrogen and oxygen atoms in total. The highest BCUT2D eigenvalue weighted by Crippen LogP contribution is 2.36. The Bertz CT molecular complexity index is 1220. The van der Waals surface area contributed by atoms with E-state index in [0.29, 0.717) is 54.6 Å². The first-order chi connectivity index (χ1) is 16.6. The van der Waals surface area contributed by atoms with Crippen molar-refractivity contribution in [2.24, 2.45) is 10.7 Å². The number of aliphatic imine (C=N–C) groups is 1. The molecule has 0 spiro atoms. The fraction of sp³-hybridized carbons (Fsp3) is 0.333. The van der Waals surface area contributed by atoms with Gasteiger partial charge in [0.1, 0.15) is 5.69 Å². The first kappa shape index (κ1) is 21.7. The number of carbonyl (C=O) groups excluding carboxylic acids is 2. The monoisotopic (exact) mass is 459 g/mol. The molecule has 2 aliphatic rings. The molecule has 3 aromatic rings. The molecule has 2 N–H and O–H groups in total. The Morgan fingerprint density at radius 1 is 1.09 bits per heavy atom. The number of amides is 2. The molecule has 0 unspecified atom stereocenters. The molecular weight excluding hydrogens is 434 g/mol. The van der Waals surface area contributed by atoms with E-state index < -0.39 is 0 Å². The number of ether oxygens (including phenoxy) is 1. The predicted octanol–water partition coefficient (Wildman–Crippen LogP) is 2.05. The summed E-state index contributed by atoms with van der Waals surface area (Å²) in [5, 5.41) is 4.59. The molecule has 2 amide bonds. The second-order valence-corrected chi connectivity index (χ2v) is 8.27. The largest absolute Gasteiger partial charge is 0.477 e. The van der Waals surface area contributed by atoms with Gasteiger partial charge < -0.3 is 15.4 Å². The van der Waals surface area contributed by atoms with E-state index in [4.69, 9.17) is 10.5 Å². The van der Waals surface area contributed by atoms with Crippen LogP contribution in [0.15, 0.2) is 53.8 Å². The van der Waals surface area contributed by atoms with Crippen LogP contribution in [0.5, 0.6) is 5.88 Å². The SMILES string of the molecule is NC(=NC(=O)C[C@@H]1CCCN1C(=O)c1nn2c(c1-c1ccccn1)OCCC2)c1ccccn1. The number of fused-ring (bicyclic) bond motifs is 1. The molecule has 0 bridgehead atoms. The van der Waals surface area contributed by atoms with Gasteiger partial charge in [0.05, 0.1) is 17.9 Å². The van der Waals surface area contributed by atoms with E-state index in [2.05, 4.69) is 20.1 Å². The Balaban J connectivity index is 1.39. The normalized spacial score (nSPS) is 17.8. The second-order valence-electron chi connectivity index (χ2n) is 8.27. The maximum atomic E-state index is 13.7. The Morgan fingerprint density at radius 2 is 1.91 bits per heavy atom. The number of pyridine rings is 2. The second kappa shape index (κ2) is 9.42. The van der Waals surface area contributed by atoms with Crippen LogP contribution in [0.25, 0.3) is 11.3 Å². The number of hydrogen-bond acceptors (Lipinski definition) is 6. The van der Waals surface area contributed by atoms with Gasteiger partial charge in [0, 0.05) is 44.4 Å². The Hall–Kier alpha value is -4.08. The lowest BCUT2D eigenvalue weighted by atomic mass is 10.1. The first-order valence-electron chi connectivity index (χ1n) is 11.4. The lowest BCUT2D eigenvalue weighted by molar-refractivity contribution is -0.118. The highest BCUT2D eigenvalue weighted by molar-refractivity contribution is 6.03. The van der Waals surface area contributed by atoms with Crippen molar-refractivity contribution in [2.75, 3.05) is 13.2 Å². The average Bonchev–Trinajstić information content (AvgIpc) is 3.49. The van der Waals surface area contributed by atoms with Gasteiger partial charge in [-0.05, 0) is 37.1 Å². The number of aryl methyl sites for hydroxylation is 1. The van der Waals surface area contributed by atoms with Crippen molar-refractivity contribution < 1.29 is 14.3 Å². The number of carbonyl (C=O) groups is 2. The van der Waals surface area contributed by atoms with E-state index in [1.807, 2.05) is 18.2 Å². The molecular formula is C24H25N7O3. The molecule has 34 heavy (non-hydrogen) atoms. The molecule has 2 aliphatic heterocycles. The fourth-order valence-corrected chi connectivity index (χ4v) is 4.42. The minimum absolute atomic E-state index is 0.0674. The van der Waals surface area contributed by atoms with Gasteiger partial charge in [-0.15, -0.1) is 0 Å². The number of nitrogens with zero attached hydrogens (tertiary/aromatic N) is 6. The van der Waals surface area contributed by atoms with Gasteiger partial charge in [-0.1, -0.05) is 12.1 Å². The lowest BCUT2D eigenvalue weighted by Gasteiger charge is -2.23. The van der Waals surface area contributed by atoms with Gasteiger partial charge in [0.2, 0.25) is 11.8 Å². The first-order valence-corrected chi connectivity index (χ1v) is 11.4. The van der Waals surface area contributed by atoms with Gasteiger partial charge in [-0.3, -0.25) is 19.6 Å². The van der Waals surface area contributed by atoms with Crippen molar-refractivity contribution in [2.45, 2.75) is 38.3 Å². The van der Waals surface area contributed by atoms with Crippen molar-refractivity contribution in [1.82, 2.24) is 24.6 Å². The third-order valence-corrected chi connectivity index (χ3v) is 6.00. The molecule has 3 aromatic heterocycles. The summed E-state index contributed by atoms with van der Waals surface area (Å²) >= 11 is 0. The quantitative estimate of drug-likeness (QED) is 0.457. The maximum absolute atomic E-state index is 13.7. The molecule has 5 rings (SSSR count). The van der Waals surface area contributed by atoms with E-state index in [9.17, 15) is 9.59 Å². The molecule has 5 heterocycles. The number of aromatic nitrogens is 4. The van der Waals surface area contributed by atoms with Gasteiger partial charge in [-0.2, -0.15) is 10.1 Å². The van der Waals surface area contributed by atoms with Crippen molar-refractivity contribution >= 4 is 17.6 Å². The third-order valence-electron chi connectivity index (χ3n) is 6.00. The molecule has 0 aliphatic carbocycles. The standard InChI is InChI=1S/C24H25N7O3/c25-22(18-9-2-4-11-27-18)28-19(32)15-16-7-5-12-30(16)23(33)21-20(17-8-1-3-10-26-17)24-31(29-21)13-6-14-34-24/h1-4,8-11,16H,5-7,12-15H2,(H2,25,28,32)/t16-/m0/s1. The minimum Gasteiger partial charge on any atom is -0.477 e. The summed E-state index contributed by atoms with van der Waals surface area (Å²) in [6, 6.07) is 10.5. The molecule has 1 fully saturated rings. The van der Waals surface area contributed by atoms with Crippen molar-refractivity contribution in [1.29, 1.82) is 0 Å². The van der Waals surface area contributed by atoms with Gasteiger partial charge in [-0.25, -0.2) is 4.68 Å². The van der Waals surface area contributed by atoms with Crippen LogP contribution in [0.3, 0.4) is 0 Å². The molecule has 0 saturated carbocycles. The summed E-state index contributed by atoms with van der Waals surface area (Å²) in [5.74, 6) is 0.0131. The topological polar surface area (TPSA) is 129 Å². The Morgan fingerprint density at radius 3 is 2.68 bits per heavy atom. The molecule has 10 heteroatoms. The summed E-state index contributed by atoms with van der Waals surface area (Å²) in [6.45, 7) is 1.78. The highest BCUT2D eigenvalue weighted by Gasteiger charge is 2.36. The lowest BCUT2D eigenvalue weighted by Crippen LogP contribution is -2.37. The molecule has 1 atom stereocenters. The van der Waals surface area contributed by atoms with Crippen molar-refractivity contribution in [3.05, 3.63) is 60.2 Å². The number of amidine groups is 1. The third kappa shape index (κ3) is 4.26. The molecule has 174 valence electrons. The van der Waals surface area contributed by atoms with Crippen LogP contribution in [-0.2, 0) is 11.3 Å². The van der Waals surface area contributed by atoms with Crippen LogP contribution < -0.4 is 10.5 Å². The van der Waals surface area contributed by atoms with Crippen molar-refractivity contribution in [3.63, 3.8) is 0 Å². The summed E-state index contributed by atoms with van der Waals surface area (Å²) in [5.41, 5.74) is 7.92. The Kier molecular flexibility index (Phi) is 6.03. The fourth-order valence-electron chi connectivity index (χ4n) is 4.42. The van der Waals surface area contributed by atoms with Crippen LogP contribution in [0.2, 0.25) is 0 Å². The number of nitrogens with two attached hydrogens (primary N) is 1. The number of rotatable bonds is 5. The van der Waals surface area contributed by atoms with E-state index in [1.54, 1.807) is 40.2 Å². The van der Waals surface area contributed by atoms with E-state index in [1.165, 1.54) is 0 Å². The van der Waals surface area contributed by atoms with Crippen LogP contribution >= 0.6 is 0 Å². The van der Waals surface area contributed by atoms with Gasteiger partial charge >= 0.3 is 0 Å². The molecule has 1 saturated heterocycles. The predicted molar refractivity (Wildman–Crippen MR) is 124 cm³/mol. The van der Waals surface area contributed by atoms with Crippen LogP contribution in [0, 0.1) is 0 Å².